The average molecular weight is 359 g/mol. The molecule has 0 aliphatic carbocycles. The topological polar surface area (TPSA) is 59.4 Å². The number of hydrogen-bond donors (Lipinski definition) is 1. The molecule has 6 nitrogen and oxygen atoms in total. The average Bonchev–Trinajstić information content (AvgIpc) is 2.49. The number of nitrogens with one attached hydrogen (secondary N) is 1. The molecule has 0 aromatic carbocycles. The Bertz CT molecular complexity index is 518. The zero-order valence-corrected chi connectivity index (χ0v) is 14.2. The first-order valence-corrected chi connectivity index (χ1v) is 8.10. The second-order valence-corrected chi connectivity index (χ2v) is 6.17. The molecule has 1 fully saturated rings. The van der Waals surface area contributed by atoms with Crippen molar-refractivity contribution in [3.8, 4) is 0 Å². The fourth-order valence-electron chi connectivity index (χ4n) is 2.75. The van der Waals surface area contributed by atoms with Gasteiger partial charge in [-0.2, -0.15) is 5.10 Å². The summed E-state index contributed by atoms with van der Waals surface area (Å²) in [6, 6.07) is 0. The number of rotatable bonds is 6. The van der Waals surface area contributed by atoms with Crippen molar-refractivity contribution >= 4 is 21.6 Å². The zero-order chi connectivity index (χ0) is 15.2. The molecule has 1 aliphatic rings. The van der Waals surface area contributed by atoms with Gasteiger partial charge in [-0.05, 0) is 48.3 Å². The lowest BCUT2D eigenvalue weighted by molar-refractivity contribution is 0.181. The van der Waals surface area contributed by atoms with Crippen LogP contribution in [0.3, 0.4) is 0 Å². The lowest BCUT2D eigenvalue weighted by atomic mass is 9.98. The summed E-state index contributed by atoms with van der Waals surface area (Å²) >= 11 is 3.45. The van der Waals surface area contributed by atoms with Gasteiger partial charge < -0.3 is 15.0 Å². The molecule has 0 amide bonds. The molecule has 118 valence electrons. The number of aromatic nitrogens is 2. The molecule has 2 rings (SSSR count). The van der Waals surface area contributed by atoms with Gasteiger partial charge >= 0.3 is 0 Å². The third-order valence-electron chi connectivity index (χ3n) is 3.83. The molecule has 1 N–H and O–H groups in total. The first-order valence-electron chi connectivity index (χ1n) is 7.31. The maximum atomic E-state index is 12.3. The van der Waals surface area contributed by atoms with E-state index in [4.69, 9.17) is 4.74 Å². The number of anilines is 1. The van der Waals surface area contributed by atoms with Crippen molar-refractivity contribution in [3.63, 3.8) is 0 Å². The molecule has 0 saturated carbocycles. The third-order valence-corrected chi connectivity index (χ3v) is 4.57. The Morgan fingerprint density at radius 2 is 2.38 bits per heavy atom. The predicted molar refractivity (Wildman–Crippen MR) is 86.9 cm³/mol. The quantitative estimate of drug-likeness (QED) is 0.824. The minimum absolute atomic E-state index is 0.0970. The van der Waals surface area contributed by atoms with Crippen LogP contribution in [0.4, 0.5) is 5.69 Å². The predicted octanol–water partition coefficient (Wildman–Crippen LogP) is 1.09. The Kier molecular flexibility index (Phi) is 6.20. The van der Waals surface area contributed by atoms with Gasteiger partial charge in [-0.1, -0.05) is 0 Å². The first-order chi connectivity index (χ1) is 10.2. The van der Waals surface area contributed by atoms with Gasteiger partial charge in [0.25, 0.3) is 5.56 Å². The standard InChI is InChI=1S/C14H23BrN4O2/c1-16-8-11-4-3-5-18(10-11)12-9-17-19(6-7-21-2)14(20)13(12)15/h9,11,16H,3-8,10H2,1-2H3. The number of nitrogens with zero attached hydrogens (tertiary/aromatic N) is 3. The van der Waals surface area contributed by atoms with E-state index in [2.05, 4.69) is 31.2 Å². The summed E-state index contributed by atoms with van der Waals surface area (Å²) in [7, 11) is 3.59. The van der Waals surface area contributed by atoms with Crippen molar-refractivity contribution in [1.29, 1.82) is 0 Å². The van der Waals surface area contributed by atoms with Gasteiger partial charge in [0.15, 0.2) is 0 Å². The molecule has 2 heterocycles. The number of methoxy groups -OCH3 is 1. The molecular formula is C14H23BrN4O2. The van der Waals surface area contributed by atoms with Crippen LogP contribution < -0.4 is 15.8 Å². The van der Waals surface area contributed by atoms with Gasteiger partial charge in [0.05, 0.1) is 25.0 Å². The fraction of sp³-hybridized carbons (Fsp3) is 0.714. The van der Waals surface area contributed by atoms with Crippen molar-refractivity contribution in [2.45, 2.75) is 19.4 Å². The van der Waals surface area contributed by atoms with Gasteiger partial charge in [0.2, 0.25) is 0 Å². The molecule has 1 unspecified atom stereocenters. The summed E-state index contributed by atoms with van der Waals surface area (Å²) in [5, 5.41) is 7.49. The van der Waals surface area contributed by atoms with Crippen molar-refractivity contribution in [2.75, 3.05) is 45.3 Å². The van der Waals surface area contributed by atoms with Gasteiger partial charge in [-0.3, -0.25) is 4.79 Å². The van der Waals surface area contributed by atoms with E-state index in [1.165, 1.54) is 11.1 Å². The van der Waals surface area contributed by atoms with Crippen LogP contribution >= 0.6 is 15.9 Å². The monoisotopic (exact) mass is 358 g/mol. The first kappa shape index (κ1) is 16.5. The Labute approximate surface area is 133 Å². The van der Waals surface area contributed by atoms with E-state index < -0.39 is 0 Å². The van der Waals surface area contributed by atoms with Gasteiger partial charge in [-0.15, -0.1) is 0 Å². The normalized spacial score (nSPS) is 19.0. The maximum absolute atomic E-state index is 12.3. The Balaban J connectivity index is 2.16. The van der Waals surface area contributed by atoms with Crippen molar-refractivity contribution in [2.24, 2.45) is 5.92 Å². The van der Waals surface area contributed by atoms with Gasteiger partial charge in [0.1, 0.15) is 4.47 Å². The molecule has 0 bridgehead atoms. The summed E-state index contributed by atoms with van der Waals surface area (Å²) in [5.74, 6) is 0.617. The van der Waals surface area contributed by atoms with Crippen LogP contribution in [0.1, 0.15) is 12.8 Å². The Hall–Kier alpha value is -0.920. The van der Waals surface area contributed by atoms with Crippen LogP contribution in [0.2, 0.25) is 0 Å². The minimum Gasteiger partial charge on any atom is -0.383 e. The SMILES string of the molecule is CNCC1CCCN(c2cnn(CCOC)c(=O)c2Br)C1. The molecule has 1 saturated heterocycles. The number of hydrogen-bond acceptors (Lipinski definition) is 5. The van der Waals surface area contributed by atoms with Crippen LogP contribution in [0.5, 0.6) is 0 Å². The fourth-order valence-corrected chi connectivity index (χ4v) is 3.31. The van der Waals surface area contributed by atoms with E-state index >= 15 is 0 Å². The van der Waals surface area contributed by atoms with E-state index in [0.717, 1.165) is 31.7 Å². The lowest BCUT2D eigenvalue weighted by Gasteiger charge is -2.34. The summed E-state index contributed by atoms with van der Waals surface area (Å²) in [6.45, 7) is 3.89. The summed E-state index contributed by atoms with van der Waals surface area (Å²) in [6.07, 6.45) is 4.15. The Morgan fingerprint density at radius 3 is 3.10 bits per heavy atom. The molecule has 7 heteroatoms. The van der Waals surface area contributed by atoms with E-state index in [-0.39, 0.29) is 5.56 Å². The second-order valence-electron chi connectivity index (χ2n) is 5.38. The molecule has 1 aromatic heterocycles. The number of piperidine rings is 1. The van der Waals surface area contributed by atoms with Gasteiger partial charge in [-0.25, -0.2) is 4.68 Å². The third kappa shape index (κ3) is 4.05. The molecule has 0 spiro atoms. The summed E-state index contributed by atoms with van der Waals surface area (Å²) < 4.78 is 7.03. The molecular weight excluding hydrogens is 336 g/mol. The smallest absolute Gasteiger partial charge is 0.283 e. The van der Waals surface area contributed by atoms with Crippen molar-refractivity contribution in [3.05, 3.63) is 21.0 Å². The zero-order valence-electron chi connectivity index (χ0n) is 12.6. The lowest BCUT2D eigenvalue weighted by Crippen LogP contribution is -2.40. The van der Waals surface area contributed by atoms with Crippen LogP contribution in [0.25, 0.3) is 0 Å². The van der Waals surface area contributed by atoms with Crippen LogP contribution in [0.15, 0.2) is 15.5 Å². The molecule has 1 aliphatic heterocycles. The highest BCUT2D eigenvalue weighted by Crippen LogP contribution is 2.26. The minimum atomic E-state index is -0.0970. The largest absolute Gasteiger partial charge is 0.383 e. The number of halogens is 1. The van der Waals surface area contributed by atoms with E-state index in [0.29, 0.717) is 23.5 Å². The van der Waals surface area contributed by atoms with Crippen LogP contribution in [-0.2, 0) is 11.3 Å². The van der Waals surface area contributed by atoms with E-state index in [1.807, 2.05) is 7.05 Å². The van der Waals surface area contributed by atoms with Crippen molar-refractivity contribution in [1.82, 2.24) is 15.1 Å². The summed E-state index contributed by atoms with van der Waals surface area (Å²) in [4.78, 5) is 14.6. The molecule has 1 atom stereocenters. The van der Waals surface area contributed by atoms with Crippen molar-refractivity contribution < 1.29 is 4.74 Å². The highest BCUT2D eigenvalue weighted by molar-refractivity contribution is 9.10. The molecule has 21 heavy (non-hydrogen) atoms. The summed E-state index contributed by atoms with van der Waals surface area (Å²) in [5.41, 5.74) is 0.801. The molecule has 1 aromatic rings. The van der Waals surface area contributed by atoms with Crippen LogP contribution in [-0.4, -0.2) is 50.2 Å². The molecule has 0 radical (unpaired) electrons. The number of ether oxygens (including phenoxy) is 1. The van der Waals surface area contributed by atoms with E-state index in [9.17, 15) is 4.79 Å². The second kappa shape index (κ2) is 7.91. The highest BCUT2D eigenvalue weighted by atomic mass is 79.9. The highest BCUT2D eigenvalue weighted by Gasteiger charge is 2.22. The van der Waals surface area contributed by atoms with Crippen LogP contribution in [0, 0.1) is 5.92 Å². The Morgan fingerprint density at radius 1 is 1.57 bits per heavy atom. The van der Waals surface area contributed by atoms with E-state index in [1.54, 1.807) is 13.3 Å². The maximum Gasteiger partial charge on any atom is 0.283 e. The van der Waals surface area contributed by atoms with Gasteiger partial charge in [0, 0.05) is 20.2 Å².